The van der Waals surface area contributed by atoms with Crippen LogP contribution in [0.3, 0.4) is 0 Å². The minimum Gasteiger partial charge on any atom is -0.399 e. The van der Waals surface area contributed by atoms with E-state index in [-0.39, 0.29) is 19.1 Å². The maximum Gasteiger partial charge on any atom is 0.416 e. The molecular formula is C25H22F3N7O. The van der Waals surface area contributed by atoms with Crippen molar-refractivity contribution in [1.82, 2.24) is 24.4 Å². The standard InChI is InChI=1S/C25H22F3N7O/c1-15-20(21-9-10-31-35(21)19-7-5-18(29)6-8-19)14-34-23(32-24(33-34)30-11-12-36)22(15)16-3-2-4-17(13-16)25(26,27)28/h2-10,13-14,36H,11-12,29H2,1H3,(H,30,33). The molecule has 0 saturated heterocycles. The Hall–Kier alpha value is -4.38. The molecule has 0 bridgehead atoms. The quantitative estimate of drug-likeness (QED) is 0.300. The van der Waals surface area contributed by atoms with Gasteiger partial charge in [0.25, 0.3) is 0 Å². The molecule has 2 aromatic carbocycles. The van der Waals surface area contributed by atoms with Crippen molar-refractivity contribution in [3.05, 3.63) is 78.1 Å². The molecule has 0 aliphatic heterocycles. The molecule has 0 radical (unpaired) electrons. The molecule has 0 atom stereocenters. The Morgan fingerprint density at radius 1 is 1.08 bits per heavy atom. The monoisotopic (exact) mass is 493 g/mol. The van der Waals surface area contributed by atoms with Crippen molar-refractivity contribution in [2.75, 3.05) is 24.2 Å². The Kier molecular flexibility index (Phi) is 5.84. The van der Waals surface area contributed by atoms with Crippen LogP contribution < -0.4 is 11.1 Å². The molecule has 184 valence electrons. The van der Waals surface area contributed by atoms with E-state index in [2.05, 4.69) is 20.5 Å². The topological polar surface area (TPSA) is 106 Å². The fourth-order valence-electron chi connectivity index (χ4n) is 4.13. The maximum atomic E-state index is 13.5. The Morgan fingerprint density at radius 3 is 2.58 bits per heavy atom. The summed E-state index contributed by atoms with van der Waals surface area (Å²) in [6.07, 6.45) is -1.08. The summed E-state index contributed by atoms with van der Waals surface area (Å²) in [6.45, 7) is 1.94. The van der Waals surface area contributed by atoms with Gasteiger partial charge in [-0.1, -0.05) is 12.1 Å². The van der Waals surface area contributed by atoms with Crippen LogP contribution in [0.2, 0.25) is 0 Å². The third-order valence-electron chi connectivity index (χ3n) is 5.82. The summed E-state index contributed by atoms with van der Waals surface area (Å²) in [4.78, 5) is 4.50. The van der Waals surface area contributed by atoms with E-state index in [1.807, 2.05) is 25.1 Å². The highest BCUT2D eigenvalue weighted by atomic mass is 19.4. The van der Waals surface area contributed by atoms with Crippen LogP contribution in [0.1, 0.15) is 11.1 Å². The highest BCUT2D eigenvalue weighted by Gasteiger charge is 2.31. The van der Waals surface area contributed by atoms with Crippen LogP contribution in [0, 0.1) is 6.92 Å². The van der Waals surface area contributed by atoms with Crippen LogP contribution in [0.15, 0.2) is 67.0 Å². The Bertz CT molecular complexity index is 1540. The number of alkyl halides is 3. The number of hydrogen-bond acceptors (Lipinski definition) is 6. The second kappa shape index (κ2) is 9.00. The van der Waals surface area contributed by atoms with Crippen molar-refractivity contribution in [3.63, 3.8) is 0 Å². The first-order chi connectivity index (χ1) is 17.3. The number of aromatic nitrogens is 5. The maximum absolute atomic E-state index is 13.5. The molecule has 8 nitrogen and oxygen atoms in total. The van der Waals surface area contributed by atoms with E-state index in [0.717, 1.165) is 17.8 Å². The Morgan fingerprint density at radius 2 is 1.86 bits per heavy atom. The molecule has 3 heterocycles. The summed E-state index contributed by atoms with van der Waals surface area (Å²) in [7, 11) is 0. The average molecular weight is 493 g/mol. The van der Waals surface area contributed by atoms with Gasteiger partial charge >= 0.3 is 6.18 Å². The highest BCUT2D eigenvalue weighted by molar-refractivity contribution is 5.86. The molecule has 4 N–H and O–H groups in total. The van der Waals surface area contributed by atoms with Gasteiger partial charge in [-0.3, -0.25) is 0 Å². The summed E-state index contributed by atoms with van der Waals surface area (Å²) in [5, 5.41) is 21.0. The van der Waals surface area contributed by atoms with E-state index >= 15 is 0 Å². The zero-order valence-corrected chi connectivity index (χ0v) is 19.2. The second-order valence-corrected chi connectivity index (χ2v) is 8.20. The third kappa shape index (κ3) is 4.24. The van der Waals surface area contributed by atoms with Crippen molar-refractivity contribution in [2.24, 2.45) is 0 Å². The number of pyridine rings is 1. The molecule has 3 aromatic heterocycles. The first-order valence-electron chi connectivity index (χ1n) is 11.1. The smallest absolute Gasteiger partial charge is 0.399 e. The lowest BCUT2D eigenvalue weighted by molar-refractivity contribution is -0.137. The normalized spacial score (nSPS) is 11.8. The summed E-state index contributed by atoms with van der Waals surface area (Å²) in [5.41, 5.74) is 9.84. The summed E-state index contributed by atoms with van der Waals surface area (Å²) in [6, 6.07) is 14.2. The van der Waals surface area contributed by atoms with Crippen LogP contribution in [-0.2, 0) is 6.18 Å². The summed E-state index contributed by atoms with van der Waals surface area (Å²) < 4.78 is 43.8. The fourth-order valence-corrected chi connectivity index (χ4v) is 4.13. The molecule has 0 saturated carbocycles. The highest BCUT2D eigenvalue weighted by Crippen LogP contribution is 2.38. The lowest BCUT2D eigenvalue weighted by Gasteiger charge is -2.16. The lowest BCUT2D eigenvalue weighted by atomic mass is 9.95. The molecule has 5 aromatic rings. The first-order valence-corrected chi connectivity index (χ1v) is 11.1. The largest absolute Gasteiger partial charge is 0.416 e. The number of halogens is 3. The van der Waals surface area contributed by atoms with Crippen LogP contribution in [0.5, 0.6) is 0 Å². The van der Waals surface area contributed by atoms with Gasteiger partial charge in [0.15, 0.2) is 5.65 Å². The average Bonchev–Trinajstić information content (AvgIpc) is 3.49. The van der Waals surface area contributed by atoms with E-state index in [1.165, 1.54) is 10.6 Å². The van der Waals surface area contributed by atoms with Gasteiger partial charge < -0.3 is 16.2 Å². The van der Waals surface area contributed by atoms with Gasteiger partial charge in [-0.2, -0.15) is 23.3 Å². The van der Waals surface area contributed by atoms with Gasteiger partial charge in [-0.05, 0) is 60.5 Å². The van der Waals surface area contributed by atoms with E-state index in [1.54, 1.807) is 35.3 Å². The zero-order valence-electron chi connectivity index (χ0n) is 19.2. The van der Waals surface area contributed by atoms with Crippen LogP contribution >= 0.6 is 0 Å². The molecule has 36 heavy (non-hydrogen) atoms. The van der Waals surface area contributed by atoms with Gasteiger partial charge in [0.05, 0.1) is 29.7 Å². The number of nitrogens with one attached hydrogen (secondary N) is 1. The summed E-state index contributed by atoms with van der Waals surface area (Å²) >= 11 is 0. The lowest BCUT2D eigenvalue weighted by Crippen LogP contribution is -2.06. The number of fused-ring (bicyclic) bond motifs is 1. The van der Waals surface area contributed by atoms with Gasteiger partial charge in [0.1, 0.15) is 0 Å². The number of nitrogens with zero attached hydrogens (tertiary/aromatic N) is 5. The molecule has 0 aliphatic carbocycles. The number of rotatable bonds is 6. The number of benzene rings is 2. The number of aliphatic hydroxyl groups excluding tert-OH is 1. The SMILES string of the molecule is Cc1c(-c2ccnn2-c2ccc(N)cc2)cn2nc(NCCO)nc2c1-c1cccc(C(F)(F)F)c1. The number of anilines is 2. The van der Waals surface area contributed by atoms with Crippen LogP contribution in [0.4, 0.5) is 24.8 Å². The van der Waals surface area contributed by atoms with Crippen molar-refractivity contribution in [3.8, 4) is 28.1 Å². The Balaban J connectivity index is 1.76. The van der Waals surface area contributed by atoms with Gasteiger partial charge in [0.2, 0.25) is 5.95 Å². The molecule has 0 spiro atoms. The van der Waals surface area contributed by atoms with Crippen LogP contribution in [0.25, 0.3) is 33.7 Å². The van der Waals surface area contributed by atoms with Crippen molar-refractivity contribution in [1.29, 1.82) is 0 Å². The van der Waals surface area contributed by atoms with Crippen LogP contribution in [-0.4, -0.2) is 42.6 Å². The minimum absolute atomic E-state index is 0.124. The molecule has 0 aliphatic rings. The fraction of sp³-hybridized carbons (Fsp3) is 0.160. The van der Waals surface area contributed by atoms with E-state index in [0.29, 0.717) is 39.3 Å². The number of nitrogen functional groups attached to an aromatic ring is 1. The predicted octanol–water partition coefficient (Wildman–Crippen LogP) is 4.56. The number of aliphatic hydroxyl groups is 1. The third-order valence-corrected chi connectivity index (χ3v) is 5.82. The van der Waals surface area contributed by atoms with Crippen molar-refractivity contribution in [2.45, 2.75) is 13.1 Å². The zero-order chi connectivity index (χ0) is 25.4. The predicted molar refractivity (Wildman–Crippen MR) is 131 cm³/mol. The van der Waals surface area contributed by atoms with E-state index in [9.17, 15) is 13.2 Å². The van der Waals surface area contributed by atoms with Crippen molar-refractivity contribution >= 4 is 17.3 Å². The first kappa shape index (κ1) is 23.4. The van der Waals surface area contributed by atoms with E-state index in [4.69, 9.17) is 10.8 Å². The van der Waals surface area contributed by atoms with Gasteiger partial charge in [-0.15, -0.1) is 5.10 Å². The molecular weight excluding hydrogens is 471 g/mol. The molecule has 0 unspecified atom stereocenters. The van der Waals surface area contributed by atoms with E-state index < -0.39 is 11.7 Å². The van der Waals surface area contributed by atoms with Gasteiger partial charge in [-0.25, -0.2) is 9.20 Å². The number of hydrogen-bond donors (Lipinski definition) is 3. The Labute approximate surface area is 203 Å². The minimum atomic E-state index is -4.49. The second-order valence-electron chi connectivity index (χ2n) is 8.20. The summed E-state index contributed by atoms with van der Waals surface area (Å²) in [5.74, 6) is 0.251. The molecule has 5 rings (SSSR count). The van der Waals surface area contributed by atoms with Gasteiger partial charge in [0, 0.05) is 29.6 Å². The number of nitrogens with two attached hydrogens (primary N) is 1. The van der Waals surface area contributed by atoms with Crippen molar-refractivity contribution < 1.29 is 18.3 Å². The molecule has 11 heteroatoms. The molecule has 0 fully saturated rings. The molecule has 0 amide bonds.